The number of ether oxygens (including phenoxy) is 1. The summed E-state index contributed by atoms with van der Waals surface area (Å²) in [4.78, 5) is 28.6. The van der Waals surface area contributed by atoms with Crippen molar-refractivity contribution >= 4 is 11.8 Å². The number of nitrogens with zero attached hydrogens (tertiary/aromatic N) is 2. The summed E-state index contributed by atoms with van der Waals surface area (Å²) in [5.74, 6) is 1.57. The van der Waals surface area contributed by atoms with Crippen LogP contribution < -0.4 is 10.1 Å². The molecule has 1 aliphatic heterocycles. The molecule has 3 aliphatic rings. The van der Waals surface area contributed by atoms with Gasteiger partial charge < -0.3 is 15.0 Å². The van der Waals surface area contributed by atoms with Crippen LogP contribution >= 0.6 is 0 Å². The van der Waals surface area contributed by atoms with Crippen LogP contribution in [0, 0.1) is 17.7 Å². The molecule has 2 aliphatic carbocycles. The van der Waals surface area contributed by atoms with Crippen LogP contribution in [-0.2, 0) is 9.59 Å². The highest BCUT2D eigenvalue weighted by atomic mass is 19.1. The Hall–Kier alpha value is -2.15. The highest BCUT2D eigenvalue weighted by Gasteiger charge is 2.42. The maximum absolute atomic E-state index is 12.9. The van der Waals surface area contributed by atoms with Crippen LogP contribution in [0.4, 0.5) is 4.39 Å². The van der Waals surface area contributed by atoms with Gasteiger partial charge in [-0.05, 0) is 61.8 Å². The highest BCUT2D eigenvalue weighted by molar-refractivity contribution is 5.79. The van der Waals surface area contributed by atoms with Crippen LogP contribution in [-0.4, -0.2) is 67.0 Å². The van der Waals surface area contributed by atoms with Gasteiger partial charge in [0.1, 0.15) is 11.6 Å². The molecule has 6 nitrogen and oxygen atoms in total. The molecule has 1 aromatic rings. The van der Waals surface area contributed by atoms with E-state index in [1.807, 2.05) is 0 Å². The minimum atomic E-state index is -0.334. The monoisotopic (exact) mass is 389 g/mol. The molecule has 28 heavy (non-hydrogen) atoms. The summed E-state index contributed by atoms with van der Waals surface area (Å²) in [6.07, 6.45) is 5.01. The lowest BCUT2D eigenvalue weighted by atomic mass is 10.1. The molecule has 3 fully saturated rings. The molecule has 0 unspecified atom stereocenters. The first-order chi connectivity index (χ1) is 13.6. The van der Waals surface area contributed by atoms with Gasteiger partial charge in [0.25, 0.3) is 5.91 Å². The third kappa shape index (κ3) is 5.22. The van der Waals surface area contributed by atoms with Crippen molar-refractivity contribution in [2.45, 2.75) is 31.7 Å². The van der Waals surface area contributed by atoms with E-state index in [0.717, 1.165) is 0 Å². The van der Waals surface area contributed by atoms with Crippen LogP contribution in [0.25, 0.3) is 0 Å². The Morgan fingerprint density at radius 2 is 1.64 bits per heavy atom. The normalized spacial score (nSPS) is 20.3. The molecule has 1 heterocycles. The summed E-state index contributed by atoms with van der Waals surface area (Å²) in [6.45, 7) is 2.90. The van der Waals surface area contributed by atoms with E-state index in [1.54, 1.807) is 4.90 Å². The topological polar surface area (TPSA) is 61.9 Å². The van der Waals surface area contributed by atoms with E-state index in [9.17, 15) is 14.0 Å². The van der Waals surface area contributed by atoms with Crippen molar-refractivity contribution < 1.29 is 18.7 Å². The fourth-order valence-corrected chi connectivity index (χ4v) is 3.89. The number of halogens is 1. The number of piperazine rings is 1. The van der Waals surface area contributed by atoms with Crippen molar-refractivity contribution in [1.82, 2.24) is 15.1 Å². The Bertz CT molecular complexity index is 683. The third-order valence-electron chi connectivity index (χ3n) is 5.86. The Balaban J connectivity index is 1.16. The summed E-state index contributed by atoms with van der Waals surface area (Å²) in [7, 11) is 0. The fourth-order valence-electron chi connectivity index (χ4n) is 3.89. The average molecular weight is 389 g/mol. The Morgan fingerprint density at radius 1 is 1.04 bits per heavy atom. The SMILES string of the molecule is O=C(CN1CCN(C(=O)COc2ccc(F)cc2)CC1)NC(C1CC1)C1CC1. The molecule has 0 aromatic heterocycles. The number of hydrogen-bond donors (Lipinski definition) is 1. The van der Waals surface area contributed by atoms with E-state index in [-0.39, 0.29) is 24.2 Å². The smallest absolute Gasteiger partial charge is 0.260 e. The molecule has 0 radical (unpaired) electrons. The van der Waals surface area contributed by atoms with E-state index < -0.39 is 0 Å². The first-order valence-electron chi connectivity index (χ1n) is 10.3. The minimum absolute atomic E-state index is 0.0590. The minimum Gasteiger partial charge on any atom is -0.484 e. The molecule has 1 aromatic carbocycles. The van der Waals surface area contributed by atoms with Crippen molar-refractivity contribution in [1.29, 1.82) is 0 Å². The average Bonchev–Trinajstić information content (AvgIpc) is 3.60. The maximum Gasteiger partial charge on any atom is 0.260 e. The second-order valence-corrected chi connectivity index (χ2v) is 8.17. The van der Waals surface area contributed by atoms with Crippen LogP contribution in [0.2, 0.25) is 0 Å². The Morgan fingerprint density at radius 3 is 2.21 bits per heavy atom. The first-order valence-corrected chi connectivity index (χ1v) is 10.3. The van der Waals surface area contributed by atoms with Crippen molar-refractivity contribution in [3.8, 4) is 5.75 Å². The van der Waals surface area contributed by atoms with Gasteiger partial charge in [0.15, 0.2) is 6.61 Å². The summed E-state index contributed by atoms with van der Waals surface area (Å²) >= 11 is 0. The largest absolute Gasteiger partial charge is 0.484 e. The molecule has 0 atom stereocenters. The predicted octanol–water partition coefficient (Wildman–Crippen LogP) is 1.65. The number of amides is 2. The van der Waals surface area contributed by atoms with Crippen LogP contribution in [0.3, 0.4) is 0 Å². The molecule has 0 spiro atoms. The van der Waals surface area contributed by atoms with E-state index >= 15 is 0 Å². The molecular formula is C21H28FN3O3. The number of rotatable bonds is 8. The van der Waals surface area contributed by atoms with E-state index in [1.165, 1.54) is 49.9 Å². The molecule has 7 heteroatoms. The third-order valence-corrected chi connectivity index (χ3v) is 5.86. The van der Waals surface area contributed by atoms with Crippen molar-refractivity contribution in [2.75, 3.05) is 39.3 Å². The molecule has 1 saturated heterocycles. The fraction of sp³-hybridized carbons (Fsp3) is 0.619. The first kappa shape index (κ1) is 19.2. The second kappa shape index (κ2) is 8.47. The van der Waals surface area contributed by atoms with Gasteiger partial charge >= 0.3 is 0 Å². The van der Waals surface area contributed by atoms with Gasteiger partial charge in [0.05, 0.1) is 6.54 Å². The van der Waals surface area contributed by atoms with Crippen molar-refractivity contribution in [2.24, 2.45) is 11.8 Å². The number of benzene rings is 1. The summed E-state index contributed by atoms with van der Waals surface area (Å²) in [6, 6.07) is 6.02. The zero-order chi connectivity index (χ0) is 19.5. The van der Waals surface area contributed by atoms with Gasteiger partial charge in [0.2, 0.25) is 5.91 Å². The maximum atomic E-state index is 12.9. The zero-order valence-corrected chi connectivity index (χ0v) is 16.1. The van der Waals surface area contributed by atoms with E-state index in [0.29, 0.717) is 56.4 Å². The lowest BCUT2D eigenvalue weighted by Crippen LogP contribution is -2.53. The highest BCUT2D eigenvalue weighted by Crippen LogP contribution is 2.44. The number of hydrogen-bond acceptors (Lipinski definition) is 4. The molecule has 2 amide bonds. The molecule has 0 bridgehead atoms. The molecule has 4 rings (SSSR count). The molecular weight excluding hydrogens is 361 g/mol. The number of carbonyl (C=O) groups excluding carboxylic acids is 2. The number of carbonyl (C=O) groups is 2. The van der Waals surface area contributed by atoms with Gasteiger partial charge in [-0.1, -0.05) is 0 Å². The molecule has 152 valence electrons. The van der Waals surface area contributed by atoms with Crippen molar-refractivity contribution in [3.63, 3.8) is 0 Å². The summed E-state index contributed by atoms with van der Waals surface area (Å²) in [5.41, 5.74) is 0. The lowest BCUT2D eigenvalue weighted by molar-refractivity contribution is -0.135. The van der Waals surface area contributed by atoms with Crippen LogP contribution in [0.1, 0.15) is 25.7 Å². The van der Waals surface area contributed by atoms with Gasteiger partial charge in [-0.2, -0.15) is 0 Å². The number of nitrogens with one attached hydrogen (secondary N) is 1. The van der Waals surface area contributed by atoms with Crippen molar-refractivity contribution in [3.05, 3.63) is 30.1 Å². The van der Waals surface area contributed by atoms with Gasteiger partial charge in [-0.3, -0.25) is 14.5 Å². The van der Waals surface area contributed by atoms with Gasteiger partial charge in [-0.15, -0.1) is 0 Å². The van der Waals surface area contributed by atoms with E-state index in [2.05, 4.69) is 10.2 Å². The predicted molar refractivity (Wildman–Crippen MR) is 102 cm³/mol. The van der Waals surface area contributed by atoms with E-state index in [4.69, 9.17) is 4.74 Å². The standard InChI is InChI=1S/C21H28FN3O3/c22-17-5-7-18(8-6-17)28-14-20(27)25-11-9-24(10-12-25)13-19(26)23-21(15-1-2-15)16-3-4-16/h5-8,15-16,21H,1-4,9-14H2,(H,23,26). The Labute approximate surface area is 165 Å². The summed E-state index contributed by atoms with van der Waals surface area (Å²) in [5, 5.41) is 3.26. The lowest BCUT2D eigenvalue weighted by Gasteiger charge is -2.34. The zero-order valence-electron chi connectivity index (χ0n) is 16.1. The molecule has 2 saturated carbocycles. The quantitative estimate of drug-likeness (QED) is 0.735. The molecule has 1 N–H and O–H groups in total. The second-order valence-electron chi connectivity index (χ2n) is 8.17. The van der Waals surface area contributed by atoms with Crippen LogP contribution in [0.15, 0.2) is 24.3 Å². The van der Waals surface area contributed by atoms with Crippen LogP contribution in [0.5, 0.6) is 5.75 Å². The Kier molecular flexibility index (Phi) is 5.80. The van der Waals surface area contributed by atoms with Gasteiger partial charge in [0, 0.05) is 32.2 Å². The van der Waals surface area contributed by atoms with Gasteiger partial charge in [-0.25, -0.2) is 4.39 Å². The summed E-state index contributed by atoms with van der Waals surface area (Å²) < 4.78 is 18.3.